The second kappa shape index (κ2) is 10.2. The lowest BCUT2D eigenvalue weighted by Gasteiger charge is -2.34. The number of amides is 1. The average molecular weight is 488 g/mol. The van der Waals surface area contributed by atoms with Crippen LogP contribution in [0.5, 0.6) is 0 Å². The molecule has 1 aromatic heterocycles. The van der Waals surface area contributed by atoms with Crippen LogP contribution in [0.25, 0.3) is 10.9 Å². The number of carbonyl (C=O) groups excluding carboxylic acids is 1. The summed E-state index contributed by atoms with van der Waals surface area (Å²) in [4.78, 5) is 26.6. The number of sulfonamides is 1. The van der Waals surface area contributed by atoms with Gasteiger partial charge in [-0.05, 0) is 56.2 Å². The summed E-state index contributed by atoms with van der Waals surface area (Å²) in [5.41, 5.74) is 0.300. The molecule has 8 heteroatoms. The van der Waals surface area contributed by atoms with Gasteiger partial charge in [0.15, 0.2) is 0 Å². The van der Waals surface area contributed by atoms with Crippen LogP contribution in [0.1, 0.15) is 76.1 Å². The Morgan fingerprint density at radius 2 is 1.71 bits per heavy atom. The SMILES string of the molecule is CCn1cc(C(=O)NC2CCCCCC2)c(=O)c2cc(S(=O)(=O)N3CC(C)CC(C)C3)ccc21. The van der Waals surface area contributed by atoms with Gasteiger partial charge >= 0.3 is 0 Å². The Labute approximate surface area is 202 Å². The molecule has 186 valence electrons. The molecular formula is C26H37N3O4S. The molecule has 2 aromatic rings. The van der Waals surface area contributed by atoms with E-state index in [0.29, 0.717) is 25.2 Å². The van der Waals surface area contributed by atoms with E-state index in [-0.39, 0.29) is 39.6 Å². The molecule has 4 rings (SSSR count). The summed E-state index contributed by atoms with van der Waals surface area (Å²) in [5.74, 6) is 0.208. The van der Waals surface area contributed by atoms with Crippen molar-refractivity contribution in [2.24, 2.45) is 11.8 Å². The van der Waals surface area contributed by atoms with E-state index >= 15 is 0 Å². The van der Waals surface area contributed by atoms with Crippen molar-refractivity contribution in [1.82, 2.24) is 14.2 Å². The third kappa shape index (κ3) is 5.08. The number of pyridine rings is 1. The van der Waals surface area contributed by atoms with Crippen molar-refractivity contribution in [1.29, 1.82) is 0 Å². The summed E-state index contributed by atoms with van der Waals surface area (Å²) in [6, 6.07) is 4.82. The first kappa shape index (κ1) is 24.9. The monoisotopic (exact) mass is 487 g/mol. The van der Waals surface area contributed by atoms with Crippen LogP contribution in [0, 0.1) is 11.8 Å². The number of fused-ring (bicyclic) bond motifs is 1. The van der Waals surface area contributed by atoms with E-state index in [1.165, 1.54) is 23.2 Å². The van der Waals surface area contributed by atoms with Crippen LogP contribution < -0.4 is 10.7 Å². The Balaban J connectivity index is 1.72. The highest BCUT2D eigenvalue weighted by Crippen LogP contribution is 2.28. The predicted molar refractivity (Wildman–Crippen MR) is 135 cm³/mol. The zero-order valence-electron chi connectivity index (χ0n) is 20.5. The van der Waals surface area contributed by atoms with E-state index in [4.69, 9.17) is 0 Å². The highest BCUT2D eigenvalue weighted by molar-refractivity contribution is 7.89. The molecule has 1 N–H and O–H groups in total. The molecule has 2 atom stereocenters. The Morgan fingerprint density at radius 1 is 1.06 bits per heavy atom. The lowest BCUT2D eigenvalue weighted by molar-refractivity contribution is 0.0931. The van der Waals surface area contributed by atoms with Gasteiger partial charge in [0.2, 0.25) is 15.5 Å². The molecule has 1 amide bonds. The van der Waals surface area contributed by atoms with Crippen LogP contribution >= 0.6 is 0 Å². The number of nitrogens with zero attached hydrogens (tertiary/aromatic N) is 2. The lowest BCUT2D eigenvalue weighted by atomic mass is 9.94. The third-order valence-corrected chi connectivity index (χ3v) is 9.13. The molecular weight excluding hydrogens is 450 g/mol. The zero-order chi connectivity index (χ0) is 24.5. The fourth-order valence-electron chi connectivity index (χ4n) is 5.60. The molecule has 2 aliphatic rings. The Hall–Kier alpha value is -2.19. The van der Waals surface area contributed by atoms with Gasteiger partial charge < -0.3 is 9.88 Å². The number of hydrogen-bond donors (Lipinski definition) is 1. The molecule has 2 unspecified atom stereocenters. The molecule has 7 nitrogen and oxygen atoms in total. The van der Waals surface area contributed by atoms with Gasteiger partial charge in [0, 0.05) is 37.3 Å². The zero-order valence-corrected chi connectivity index (χ0v) is 21.4. The number of aromatic nitrogens is 1. The van der Waals surface area contributed by atoms with E-state index in [1.54, 1.807) is 18.3 Å². The highest BCUT2D eigenvalue weighted by atomic mass is 32.2. The molecule has 2 fully saturated rings. The summed E-state index contributed by atoms with van der Waals surface area (Å²) in [6.07, 6.45) is 8.98. The van der Waals surface area contributed by atoms with Crippen molar-refractivity contribution in [2.75, 3.05) is 13.1 Å². The van der Waals surface area contributed by atoms with Crippen LogP contribution in [0.3, 0.4) is 0 Å². The van der Waals surface area contributed by atoms with Gasteiger partial charge in [-0.1, -0.05) is 39.5 Å². The van der Waals surface area contributed by atoms with E-state index in [2.05, 4.69) is 19.2 Å². The second-order valence-corrected chi connectivity index (χ2v) is 12.2. The smallest absolute Gasteiger partial charge is 0.256 e. The molecule has 0 bridgehead atoms. The van der Waals surface area contributed by atoms with Gasteiger partial charge in [0.25, 0.3) is 5.91 Å². The van der Waals surface area contributed by atoms with Crippen LogP contribution in [-0.4, -0.2) is 42.3 Å². The fraction of sp³-hybridized carbons (Fsp3) is 0.615. The van der Waals surface area contributed by atoms with Gasteiger partial charge in [0.1, 0.15) is 5.56 Å². The van der Waals surface area contributed by atoms with Crippen LogP contribution in [0.15, 0.2) is 34.1 Å². The number of hydrogen-bond acceptors (Lipinski definition) is 4. The molecule has 1 saturated carbocycles. The normalized spacial score (nSPS) is 23.0. The van der Waals surface area contributed by atoms with Crippen molar-refractivity contribution >= 4 is 26.8 Å². The minimum atomic E-state index is -3.73. The summed E-state index contributed by atoms with van der Waals surface area (Å²) >= 11 is 0. The van der Waals surface area contributed by atoms with E-state index < -0.39 is 15.5 Å². The van der Waals surface area contributed by atoms with E-state index in [0.717, 1.165) is 32.1 Å². The number of carbonyl (C=O) groups is 1. The summed E-state index contributed by atoms with van der Waals surface area (Å²) in [7, 11) is -3.73. The summed E-state index contributed by atoms with van der Waals surface area (Å²) in [6.45, 7) is 7.60. The first-order valence-corrected chi connectivity index (χ1v) is 14.1. The first-order valence-electron chi connectivity index (χ1n) is 12.7. The quantitative estimate of drug-likeness (QED) is 0.642. The van der Waals surface area contributed by atoms with Gasteiger partial charge in [-0.25, -0.2) is 8.42 Å². The molecule has 0 spiro atoms. The third-order valence-electron chi connectivity index (χ3n) is 7.30. The van der Waals surface area contributed by atoms with E-state index in [9.17, 15) is 18.0 Å². The van der Waals surface area contributed by atoms with Crippen molar-refractivity contribution < 1.29 is 13.2 Å². The molecule has 2 heterocycles. The van der Waals surface area contributed by atoms with Crippen LogP contribution in [0.2, 0.25) is 0 Å². The predicted octanol–water partition coefficient (Wildman–Crippen LogP) is 4.14. The van der Waals surface area contributed by atoms with Crippen molar-refractivity contribution in [3.8, 4) is 0 Å². The Morgan fingerprint density at radius 3 is 2.32 bits per heavy atom. The number of aryl methyl sites for hydroxylation is 1. The maximum Gasteiger partial charge on any atom is 0.256 e. The minimum absolute atomic E-state index is 0.0772. The number of rotatable bonds is 5. The lowest BCUT2D eigenvalue weighted by Crippen LogP contribution is -2.42. The number of nitrogens with one attached hydrogen (secondary N) is 1. The second-order valence-electron chi connectivity index (χ2n) is 10.3. The van der Waals surface area contributed by atoms with Crippen molar-refractivity contribution in [2.45, 2.75) is 83.2 Å². The molecule has 1 aliphatic carbocycles. The molecule has 34 heavy (non-hydrogen) atoms. The largest absolute Gasteiger partial charge is 0.349 e. The maximum atomic E-state index is 13.4. The summed E-state index contributed by atoms with van der Waals surface area (Å²) in [5, 5.41) is 3.33. The minimum Gasteiger partial charge on any atom is -0.349 e. The molecule has 1 saturated heterocycles. The standard InChI is InChI=1S/C26H37N3O4S/c1-4-28-17-23(26(31)27-20-9-7-5-6-8-10-20)25(30)22-14-21(11-12-24(22)28)34(32,33)29-15-18(2)13-19(3)16-29/h11-12,14,17-20H,4-10,13,15-16H2,1-3H3,(H,27,31). The van der Waals surface area contributed by atoms with E-state index in [1.807, 2.05) is 11.5 Å². The maximum absolute atomic E-state index is 13.4. The van der Waals surface area contributed by atoms with Crippen molar-refractivity contribution in [3.05, 3.63) is 40.2 Å². The van der Waals surface area contributed by atoms with Crippen molar-refractivity contribution in [3.63, 3.8) is 0 Å². The Bertz CT molecular complexity index is 1200. The molecule has 1 aromatic carbocycles. The van der Waals surface area contributed by atoms with Gasteiger partial charge in [0.05, 0.1) is 10.4 Å². The Kier molecular flexibility index (Phi) is 7.48. The fourth-order valence-corrected chi connectivity index (χ4v) is 7.30. The molecule has 1 aliphatic heterocycles. The number of piperidine rings is 1. The highest BCUT2D eigenvalue weighted by Gasteiger charge is 2.32. The molecule has 0 radical (unpaired) electrons. The van der Waals surface area contributed by atoms with Gasteiger partial charge in [-0.3, -0.25) is 9.59 Å². The first-order chi connectivity index (χ1) is 16.2. The summed E-state index contributed by atoms with van der Waals surface area (Å²) < 4.78 is 30.3. The average Bonchev–Trinajstić information content (AvgIpc) is 3.07. The van der Waals surface area contributed by atoms with Crippen LogP contribution in [-0.2, 0) is 16.6 Å². The topological polar surface area (TPSA) is 88.5 Å². The number of benzene rings is 1. The van der Waals surface area contributed by atoms with Gasteiger partial charge in [-0.15, -0.1) is 0 Å². The van der Waals surface area contributed by atoms with Crippen LogP contribution in [0.4, 0.5) is 0 Å². The van der Waals surface area contributed by atoms with Gasteiger partial charge in [-0.2, -0.15) is 4.31 Å².